The first-order chi connectivity index (χ1) is 9.55. The van der Waals surface area contributed by atoms with Gasteiger partial charge in [0.2, 0.25) is 5.03 Å². The maximum atomic E-state index is 13.6. The molecular weight excluding hydrogens is 281 g/mol. The predicted molar refractivity (Wildman–Crippen MR) is 71.7 cm³/mol. The molecule has 20 heavy (non-hydrogen) atoms. The zero-order chi connectivity index (χ0) is 14.6. The van der Waals surface area contributed by atoms with Crippen molar-refractivity contribution in [3.05, 3.63) is 54.2 Å². The van der Waals surface area contributed by atoms with Gasteiger partial charge in [0, 0.05) is 31.7 Å². The second-order valence-electron chi connectivity index (χ2n) is 4.08. The number of rotatable bonds is 5. The molecule has 0 unspecified atom stereocenters. The van der Waals surface area contributed by atoms with E-state index in [0.29, 0.717) is 0 Å². The third-order valence-electron chi connectivity index (χ3n) is 2.77. The molecule has 0 radical (unpaired) electrons. The summed E-state index contributed by atoms with van der Waals surface area (Å²) in [5.74, 6) is -0.847. The highest BCUT2D eigenvalue weighted by Gasteiger charge is 2.27. The summed E-state index contributed by atoms with van der Waals surface area (Å²) in [4.78, 5) is 7.52. The first-order valence-electron chi connectivity index (χ1n) is 6.05. The van der Waals surface area contributed by atoms with Crippen LogP contribution >= 0.6 is 0 Å². The third kappa shape index (κ3) is 3.00. The van der Waals surface area contributed by atoms with E-state index < -0.39 is 20.9 Å². The van der Waals surface area contributed by atoms with Gasteiger partial charge in [-0.3, -0.25) is 4.98 Å². The maximum absolute atomic E-state index is 13.6. The molecule has 2 heterocycles. The van der Waals surface area contributed by atoms with E-state index in [-0.39, 0.29) is 13.1 Å². The van der Waals surface area contributed by atoms with Crippen LogP contribution in [0.4, 0.5) is 4.39 Å². The summed E-state index contributed by atoms with van der Waals surface area (Å²) in [7, 11) is -3.95. The molecule has 0 atom stereocenters. The number of hydrogen-bond donors (Lipinski definition) is 0. The van der Waals surface area contributed by atoms with Crippen molar-refractivity contribution in [2.24, 2.45) is 0 Å². The van der Waals surface area contributed by atoms with Gasteiger partial charge in [0.25, 0.3) is 10.0 Å². The Morgan fingerprint density at radius 3 is 2.50 bits per heavy atom. The van der Waals surface area contributed by atoms with E-state index in [4.69, 9.17) is 0 Å². The lowest BCUT2D eigenvalue weighted by Crippen LogP contribution is -2.31. The molecular formula is C13H14FN3O2S. The van der Waals surface area contributed by atoms with E-state index in [2.05, 4.69) is 9.97 Å². The molecule has 7 heteroatoms. The van der Waals surface area contributed by atoms with Crippen LogP contribution in [0.1, 0.15) is 12.5 Å². The van der Waals surface area contributed by atoms with Gasteiger partial charge >= 0.3 is 0 Å². The Labute approximate surface area is 117 Å². The molecule has 0 bridgehead atoms. The van der Waals surface area contributed by atoms with Crippen LogP contribution < -0.4 is 0 Å². The van der Waals surface area contributed by atoms with Crippen molar-refractivity contribution in [2.45, 2.75) is 18.5 Å². The van der Waals surface area contributed by atoms with Gasteiger partial charge < -0.3 is 0 Å². The van der Waals surface area contributed by atoms with Gasteiger partial charge in [-0.05, 0) is 29.8 Å². The highest BCUT2D eigenvalue weighted by molar-refractivity contribution is 7.89. The zero-order valence-corrected chi connectivity index (χ0v) is 11.7. The van der Waals surface area contributed by atoms with Gasteiger partial charge in [0.05, 0.1) is 0 Å². The summed E-state index contributed by atoms with van der Waals surface area (Å²) in [5, 5.41) is -0.545. The van der Waals surface area contributed by atoms with E-state index >= 15 is 0 Å². The third-order valence-corrected chi connectivity index (χ3v) is 4.63. The molecule has 0 aliphatic heterocycles. The monoisotopic (exact) mass is 295 g/mol. The number of aromatic nitrogens is 2. The largest absolute Gasteiger partial charge is 0.265 e. The van der Waals surface area contributed by atoms with Crippen LogP contribution in [-0.2, 0) is 16.6 Å². The van der Waals surface area contributed by atoms with Crippen molar-refractivity contribution >= 4 is 10.0 Å². The Hall–Kier alpha value is -1.86. The van der Waals surface area contributed by atoms with Crippen LogP contribution in [0.25, 0.3) is 0 Å². The van der Waals surface area contributed by atoms with Crippen molar-refractivity contribution in [1.82, 2.24) is 14.3 Å². The smallest absolute Gasteiger partial charge is 0.263 e. The van der Waals surface area contributed by atoms with Crippen LogP contribution in [0, 0.1) is 5.82 Å². The highest BCUT2D eigenvalue weighted by Crippen LogP contribution is 2.18. The number of nitrogens with zero attached hydrogens (tertiary/aromatic N) is 3. The quantitative estimate of drug-likeness (QED) is 0.844. The first-order valence-corrected chi connectivity index (χ1v) is 7.49. The molecule has 0 aliphatic rings. The minimum absolute atomic E-state index is 0.150. The summed E-state index contributed by atoms with van der Waals surface area (Å²) in [6.07, 6.45) is 4.42. The average Bonchev–Trinajstić information content (AvgIpc) is 2.46. The molecule has 2 aromatic heterocycles. The summed E-state index contributed by atoms with van der Waals surface area (Å²) >= 11 is 0. The Morgan fingerprint density at radius 1 is 1.20 bits per heavy atom. The van der Waals surface area contributed by atoms with Crippen LogP contribution in [0.3, 0.4) is 0 Å². The average molecular weight is 295 g/mol. The van der Waals surface area contributed by atoms with Gasteiger partial charge in [-0.15, -0.1) is 0 Å². The van der Waals surface area contributed by atoms with Gasteiger partial charge in [-0.1, -0.05) is 6.92 Å². The molecule has 0 saturated heterocycles. The van der Waals surface area contributed by atoms with Crippen molar-refractivity contribution in [2.75, 3.05) is 6.54 Å². The summed E-state index contributed by atoms with van der Waals surface area (Å²) in [6.45, 7) is 2.07. The Morgan fingerprint density at radius 2 is 1.90 bits per heavy atom. The topological polar surface area (TPSA) is 63.2 Å². The highest BCUT2D eigenvalue weighted by atomic mass is 32.2. The number of hydrogen-bond acceptors (Lipinski definition) is 4. The van der Waals surface area contributed by atoms with E-state index in [1.807, 2.05) is 0 Å². The van der Waals surface area contributed by atoms with Crippen molar-refractivity contribution in [1.29, 1.82) is 0 Å². The van der Waals surface area contributed by atoms with E-state index in [9.17, 15) is 12.8 Å². The SMILES string of the molecule is CCN(Cc1ccncc1)S(=O)(=O)c1ncccc1F. The fourth-order valence-corrected chi connectivity index (χ4v) is 3.15. The standard InChI is InChI=1S/C13H14FN3O2S/c1-2-17(10-11-5-8-15-9-6-11)20(18,19)13-12(14)4-3-7-16-13/h3-9H,2,10H2,1H3. The van der Waals surface area contributed by atoms with Crippen molar-refractivity contribution in [3.8, 4) is 0 Å². The predicted octanol–water partition coefficient (Wildman–Crippen LogP) is 1.83. The molecule has 0 aromatic carbocycles. The summed E-state index contributed by atoms with van der Waals surface area (Å²) < 4.78 is 39.6. The molecule has 106 valence electrons. The fraction of sp³-hybridized carbons (Fsp3) is 0.231. The molecule has 2 rings (SSSR count). The zero-order valence-electron chi connectivity index (χ0n) is 10.9. The number of sulfonamides is 1. The molecule has 0 N–H and O–H groups in total. The molecule has 0 spiro atoms. The lowest BCUT2D eigenvalue weighted by Gasteiger charge is -2.20. The summed E-state index contributed by atoms with van der Waals surface area (Å²) in [5.41, 5.74) is 0.779. The Bertz CT molecular complexity index is 677. The Balaban J connectivity index is 2.34. The number of halogens is 1. The summed E-state index contributed by atoms with van der Waals surface area (Å²) in [6, 6.07) is 5.87. The fourth-order valence-electron chi connectivity index (χ4n) is 1.74. The normalized spacial score (nSPS) is 11.8. The van der Waals surface area contributed by atoms with Gasteiger partial charge in [-0.25, -0.2) is 17.8 Å². The molecule has 5 nitrogen and oxygen atoms in total. The molecule has 0 saturated carbocycles. The molecule has 0 aliphatic carbocycles. The van der Waals surface area contributed by atoms with Gasteiger partial charge in [-0.2, -0.15) is 4.31 Å². The maximum Gasteiger partial charge on any atom is 0.263 e. The second kappa shape index (κ2) is 6.06. The van der Waals surface area contributed by atoms with Crippen LogP contribution in [0.2, 0.25) is 0 Å². The van der Waals surface area contributed by atoms with Crippen LogP contribution in [0.5, 0.6) is 0 Å². The first kappa shape index (κ1) is 14.5. The molecule has 2 aromatic rings. The number of pyridine rings is 2. The lowest BCUT2D eigenvalue weighted by atomic mass is 10.3. The second-order valence-corrected chi connectivity index (χ2v) is 5.93. The van der Waals surface area contributed by atoms with E-state index in [1.54, 1.807) is 31.5 Å². The van der Waals surface area contributed by atoms with Crippen molar-refractivity contribution in [3.63, 3.8) is 0 Å². The van der Waals surface area contributed by atoms with Crippen LogP contribution in [0.15, 0.2) is 47.9 Å². The molecule has 0 amide bonds. The van der Waals surface area contributed by atoms with Crippen LogP contribution in [-0.4, -0.2) is 29.2 Å². The van der Waals surface area contributed by atoms with Gasteiger partial charge in [0.1, 0.15) is 0 Å². The lowest BCUT2D eigenvalue weighted by molar-refractivity contribution is 0.415. The van der Waals surface area contributed by atoms with E-state index in [0.717, 1.165) is 11.6 Å². The van der Waals surface area contributed by atoms with Crippen molar-refractivity contribution < 1.29 is 12.8 Å². The minimum Gasteiger partial charge on any atom is -0.265 e. The Kier molecular flexibility index (Phi) is 4.41. The minimum atomic E-state index is -3.95. The van der Waals surface area contributed by atoms with Gasteiger partial charge in [0.15, 0.2) is 5.82 Å². The molecule has 0 fully saturated rings. The van der Waals surface area contributed by atoms with E-state index in [1.165, 1.54) is 16.6 Å².